The highest BCUT2D eigenvalue weighted by atomic mass is 16.6. The molecule has 6 heteroatoms. The number of rotatable bonds is 3. The van der Waals surface area contributed by atoms with E-state index in [0.717, 1.165) is 56.5 Å². The molecule has 1 atom stereocenters. The lowest BCUT2D eigenvalue weighted by molar-refractivity contribution is 0.0606. The lowest BCUT2D eigenvalue weighted by atomic mass is 10.2. The van der Waals surface area contributed by atoms with Crippen LogP contribution in [0.3, 0.4) is 0 Å². The molecule has 2 aliphatic rings. The van der Waals surface area contributed by atoms with E-state index in [1.807, 2.05) is 36.4 Å². The van der Waals surface area contributed by atoms with Gasteiger partial charge in [-0.1, -0.05) is 12.1 Å². The molecule has 0 amide bonds. The fourth-order valence-corrected chi connectivity index (χ4v) is 3.54. The van der Waals surface area contributed by atoms with Crippen molar-refractivity contribution < 1.29 is 9.47 Å². The van der Waals surface area contributed by atoms with Gasteiger partial charge in [0.25, 0.3) is 0 Å². The molecule has 0 bridgehead atoms. The molecule has 1 aromatic carbocycles. The van der Waals surface area contributed by atoms with Gasteiger partial charge < -0.3 is 14.4 Å². The predicted octanol–water partition coefficient (Wildman–Crippen LogP) is 2.31. The van der Waals surface area contributed by atoms with Crippen LogP contribution in [-0.4, -0.2) is 55.3 Å². The van der Waals surface area contributed by atoms with Crippen LogP contribution in [0.5, 0.6) is 11.5 Å². The first-order valence-corrected chi connectivity index (χ1v) is 9.04. The molecule has 3 heterocycles. The van der Waals surface area contributed by atoms with Crippen LogP contribution in [-0.2, 0) is 0 Å². The monoisotopic (exact) mass is 350 g/mol. The predicted molar refractivity (Wildman–Crippen MR) is 98.6 cm³/mol. The molecule has 1 unspecified atom stereocenters. The third-order valence-corrected chi connectivity index (χ3v) is 4.82. The van der Waals surface area contributed by atoms with Gasteiger partial charge in [0.2, 0.25) is 0 Å². The van der Waals surface area contributed by atoms with Gasteiger partial charge in [-0.2, -0.15) is 5.26 Å². The number of para-hydroxylation sites is 2. The topological polar surface area (TPSA) is 61.6 Å². The Morgan fingerprint density at radius 1 is 1.08 bits per heavy atom. The lowest BCUT2D eigenvalue weighted by Gasteiger charge is -2.30. The molecule has 4 rings (SSSR count). The minimum Gasteiger partial charge on any atom is -0.486 e. The molecule has 26 heavy (non-hydrogen) atoms. The number of anilines is 1. The van der Waals surface area contributed by atoms with E-state index in [1.54, 1.807) is 6.20 Å². The van der Waals surface area contributed by atoms with Gasteiger partial charge in [0, 0.05) is 38.9 Å². The highest BCUT2D eigenvalue weighted by Crippen LogP contribution is 2.31. The van der Waals surface area contributed by atoms with E-state index >= 15 is 0 Å². The Morgan fingerprint density at radius 2 is 1.96 bits per heavy atom. The zero-order valence-corrected chi connectivity index (χ0v) is 14.7. The van der Waals surface area contributed by atoms with Crippen LogP contribution < -0.4 is 14.4 Å². The number of nitriles is 1. The lowest BCUT2D eigenvalue weighted by Crippen LogP contribution is -2.42. The number of hydrogen-bond donors (Lipinski definition) is 0. The van der Waals surface area contributed by atoms with Crippen molar-refractivity contribution in [2.24, 2.45) is 0 Å². The average molecular weight is 350 g/mol. The second kappa shape index (κ2) is 7.63. The normalized spacial score (nSPS) is 20.3. The van der Waals surface area contributed by atoms with Crippen LogP contribution in [0.25, 0.3) is 0 Å². The molecule has 0 spiro atoms. The second-order valence-electron chi connectivity index (χ2n) is 6.63. The zero-order valence-electron chi connectivity index (χ0n) is 14.7. The van der Waals surface area contributed by atoms with E-state index in [4.69, 9.17) is 9.47 Å². The molecule has 6 nitrogen and oxygen atoms in total. The van der Waals surface area contributed by atoms with E-state index in [1.165, 1.54) is 0 Å². The van der Waals surface area contributed by atoms with Gasteiger partial charge in [0.15, 0.2) is 11.5 Å². The standard InChI is InChI=1S/C20H22N4O2/c21-13-16-5-3-8-22-20(16)24-10-4-9-23(11-12-24)14-17-15-25-18-6-1-2-7-19(18)26-17/h1-3,5-8,17H,4,9-12,14-15H2. The fourth-order valence-electron chi connectivity index (χ4n) is 3.54. The van der Waals surface area contributed by atoms with Gasteiger partial charge in [-0.15, -0.1) is 0 Å². The van der Waals surface area contributed by atoms with Crippen LogP contribution >= 0.6 is 0 Å². The minimum absolute atomic E-state index is 0.0426. The summed E-state index contributed by atoms with van der Waals surface area (Å²) < 4.78 is 11.9. The van der Waals surface area contributed by atoms with Crippen molar-refractivity contribution >= 4 is 5.82 Å². The van der Waals surface area contributed by atoms with Gasteiger partial charge in [-0.25, -0.2) is 4.98 Å². The quantitative estimate of drug-likeness (QED) is 0.847. The SMILES string of the molecule is N#Cc1cccnc1N1CCCN(CC2COc3ccccc3O2)CC1. The Morgan fingerprint density at radius 3 is 2.85 bits per heavy atom. The molecule has 1 aromatic heterocycles. The number of nitrogens with zero attached hydrogens (tertiary/aromatic N) is 4. The summed E-state index contributed by atoms with van der Waals surface area (Å²) in [5.74, 6) is 2.44. The first-order chi connectivity index (χ1) is 12.8. The van der Waals surface area contributed by atoms with Gasteiger partial charge >= 0.3 is 0 Å². The summed E-state index contributed by atoms with van der Waals surface area (Å²) in [6, 6.07) is 13.7. The van der Waals surface area contributed by atoms with Crippen molar-refractivity contribution in [3.05, 3.63) is 48.2 Å². The van der Waals surface area contributed by atoms with Gasteiger partial charge in [0.05, 0.1) is 5.56 Å². The van der Waals surface area contributed by atoms with Crippen molar-refractivity contribution in [1.82, 2.24) is 9.88 Å². The molecular formula is C20H22N4O2. The summed E-state index contributed by atoms with van der Waals surface area (Å²) >= 11 is 0. The zero-order chi connectivity index (χ0) is 17.8. The van der Waals surface area contributed by atoms with Gasteiger partial charge in [-0.05, 0) is 30.7 Å². The smallest absolute Gasteiger partial charge is 0.161 e. The second-order valence-corrected chi connectivity index (χ2v) is 6.63. The number of hydrogen-bond acceptors (Lipinski definition) is 6. The molecule has 1 fully saturated rings. The van der Waals surface area contributed by atoms with Crippen LogP contribution in [0.15, 0.2) is 42.6 Å². The first kappa shape index (κ1) is 16.7. The van der Waals surface area contributed by atoms with Crippen LogP contribution in [0.2, 0.25) is 0 Å². The van der Waals surface area contributed by atoms with Crippen molar-refractivity contribution in [3.8, 4) is 17.6 Å². The van der Waals surface area contributed by atoms with Crippen LogP contribution in [0, 0.1) is 11.3 Å². The maximum absolute atomic E-state index is 9.31. The number of benzene rings is 1. The van der Waals surface area contributed by atoms with E-state index in [2.05, 4.69) is 20.9 Å². The van der Waals surface area contributed by atoms with E-state index in [9.17, 15) is 5.26 Å². The summed E-state index contributed by atoms with van der Waals surface area (Å²) in [5.41, 5.74) is 0.640. The molecule has 134 valence electrons. The Hall–Kier alpha value is -2.78. The van der Waals surface area contributed by atoms with Crippen LogP contribution in [0.1, 0.15) is 12.0 Å². The molecule has 1 saturated heterocycles. The highest BCUT2D eigenvalue weighted by Gasteiger charge is 2.25. The third-order valence-electron chi connectivity index (χ3n) is 4.82. The Labute approximate surface area is 153 Å². The van der Waals surface area contributed by atoms with Gasteiger partial charge in [-0.3, -0.25) is 4.90 Å². The van der Waals surface area contributed by atoms with Crippen molar-refractivity contribution in [1.29, 1.82) is 5.26 Å². The molecule has 2 aliphatic heterocycles. The van der Waals surface area contributed by atoms with E-state index < -0.39 is 0 Å². The first-order valence-electron chi connectivity index (χ1n) is 9.04. The third kappa shape index (κ3) is 3.58. The summed E-state index contributed by atoms with van der Waals surface area (Å²) in [6.07, 6.45) is 2.83. The molecular weight excluding hydrogens is 328 g/mol. The fraction of sp³-hybridized carbons (Fsp3) is 0.400. The highest BCUT2D eigenvalue weighted by molar-refractivity contribution is 5.53. The molecule has 0 radical (unpaired) electrons. The summed E-state index contributed by atoms with van der Waals surface area (Å²) in [7, 11) is 0. The van der Waals surface area contributed by atoms with Crippen molar-refractivity contribution in [2.75, 3.05) is 44.2 Å². The minimum atomic E-state index is 0.0426. The molecule has 0 saturated carbocycles. The Bertz CT molecular complexity index is 804. The van der Waals surface area contributed by atoms with Gasteiger partial charge in [0.1, 0.15) is 24.6 Å². The molecule has 0 aliphatic carbocycles. The molecule has 0 N–H and O–H groups in total. The summed E-state index contributed by atoms with van der Waals surface area (Å²) in [5, 5.41) is 9.31. The maximum atomic E-state index is 9.31. The summed E-state index contributed by atoms with van der Waals surface area (Å²) in [6.45, 7) is 5.12. The van der Waals surface area contributed by atoms with E-state index in [-0.39, 0.29) is 6.10 Å². The average Bonchev–Trinajstić information content (AvgIpc) is 2.93. The molecule has 2 aromatic rings. The summed E-state index contributed by atoms with van der Waals surface area (Å²) in [4.78, 5) is 9.05. The van der Waals surface area contributed by atoms with E-state index in [0.29, 0.717) is 12.2 Å². The Balaban J connectivity index is 1.37. The Kier molecular flexibility index (Phi) is 4.89. The maximum Gasteiger partial charge on any atom is 0.161 e. The number of pyridine rings is 1. The van der Waals surface area contributed by atoms with Crippen molar-refractivity contribution in [2.45, 2.75) is 12.5 Å². The number of aromatic nitrogens is 1. The van der Waals surface area contributed by atoms with Crippen molar-refractivity contribution in [3.63, 3.8) is 0 Å². The largest absolute Gasteiger partial charge is 0.486 e. The number of fused-ring (bicyclic) bond motifs is 1. The number of ether oxygens (including phenoxy) is 2. The van der Waals surface area contributed by atoms with Crippen LogP contribution in [0.4, 0.5) is 5.82 Å².